The van der Waals surface area contributed by atoms with E-state index in [1.165, 1.54) is 63.6 Å². The molecular formula is C20H18F2O6. The third-order valence-electron chi connectivity index (χ3n) is 3.60. The van der Waals surface area contributed by atoms with Crippen LogP contribution in [0.5, 0.6) is 23.0 Å². The Kier molecular flexibility index (Phi) is 7.08. The van der Waals surface area contributed by atoms with E-state index in [-0.39, 0.29) is 28.8 Å². The Morgan fingerprint density at radius 1 is 0.929 bits per heavy atom. The molecule has 28 heavy (non-hydrogen) atoms. The zero-order valence-corrected chi connectivity index (χ0v) is 15.4. The molecule has 0 saturated heterocycles. The van der Waals surface area contributed by atoms with Gasteiger partial charge in [0.05, 0.1) is 14.2 Å². The van der Waals surface area contributed by atoms with Gasteiger partial charge in [-0.15, -0.1) is 0 Å². The number of benzene rings is 2. The highest BCUT2D eigenvalue weighted by molar-refractivity contribution is 5.95. The molecule has 0 aliphatic heterocycles. The number of Topliss-reactive ketones (excluding diaryl/α,β-unsaturated/α-hetero) is 1. The van der Waals surface area contributed by atoms with Crippen LogP contribution in [0.1, 0.15) is 22.8 Å². The Hall–Kier alpha value is -3.42. The van der Waals surface area contributed by atoms with Crippen LogP contribution in [0.4, 0.5) is 8.78 Å². The van der Waals surface area contributed by atoms with Gasteiger partial charge in [-0.05, 0) is 48.9 Å². The van der Waals surface area contributed by atoms with Crippen LogP contribution >= 0.6 is 0 Å². The summed E-state index contributed by atoms with van der Waals surface area (Å²) >= 11 is 0. The zero-order chi connectivity index (χ0) is 20.7. The molecule has 0 atom stereocenters. The molecule has 0 N–H and O–H groups in total. The summed E-state index contributed by atoms with van der Waals surface area (Å²) < 4.78 is 44.4. The van der Waals surface area contributed by atoms with Crippen molar-refractivity contribution in [2.45, 2.75) is 13.5 Å². The van der Waals surface area contributed by atoms with E-state index in [1.54, 1.807) is 0 Å². The maximum atomic E-state index is 12.3. The summed E-state index contributed by atoms with van der Waals surface area (Å²) in [7, 11) is 2.70. The number of ether oxygens (including phenoxy) is 4. The van der Waals surface area contributed by atoms with Gasteiger partial charge < -0.3 is 18.9 Å². The van der Waals surface area contributed by atoms with E-state index in [2.05, 4.69) is 4.74 Å². The van der Waals surface area contributed by atoms with Gasteiger partial charge in [-0.1, -0.05) is 6.07 Å². The van der Waals surface area contributed by atoms with Gasteiger partial charge in [-0.25, -0.2) is 4.79 Å². The van der Waals surface area contributed by atoms with Crippen molar-refractivity contribution in [2.75, 3.05) is 14.2 Å². The lowest BCUT2D eigenvalue weighted by Gasteiger charge is -2.10. The number of alkyl halides is 2. The minimum atomic E-state index is -2.98. The first kappa shape index (κ1) is 20.9. The monoisotopic (exact) mass is 392 g/mol. The maximum absolute atomic E-state index is 12.3. The highest BCUT2D eigenvalue weighted by atomic mass is 19.3. The van der Waals surface area contributed by atoms with Gasteiger partial charge in [0.1, 0.15) is 0 Å². The Labute approximate surface area is 160 Å². The molecule has 8 heteroatoms. The number of hydrogen-bond acceptors (Lipinski definition) is 6. The molecule has 0 bridgehead atoms. The number of carbonyl (C=O) groups is 2. The normalized spacial score (nSPS) is 10.8. The van der Waals surface area contributed by atoms with Gasteiger partial charge >= 0.3 is 12.6 Å². The first-order chi connectivity index (χ1) is 13.3. The van der Waals surface area contributed by atoms with Crippen molar-refractivity contribution in [1.29, 1.82) is 0 Å². The molecule has 0 fully saturated rings. The molecule has 0 aliphatic carbocycles. The van der Waals surface area contributed by atoms with Crippen LogP contribution in [-0.2, 0) is 4.79 Å². The highest BCUT2D eigenvalue weighted by Gasteiger charge is 2.12. The summed E-state index contributed by atoms with van der Waals surface area (Å²) in [5.41, 5.74) is 0.930. The second-order valence-electron chi connectivity index (χ2n) is 5.47. The van der Waals surface area contributed by atoms with Crippen LogP contribution in [0.2, 0.25) is 0 Å². The van der Waals surface area contributed by atoms with Gasteiger partial charge in [-0.3, -0.25) is 4.79 Å². The fraction of sp³-hybridized carbons (Fsp3) is 0.200. The summed E-state index contributed by atoms with van der Waals surface area (Å²) in [6.07, 6.45) is 2.58. The molecule has 0 aliphatic rings. The van der Waals surface area contributed by atoms with Crippen molar-refractivity contribution in [3.8, 4) is 23.0 Å². The third-order valence-corrected chi connectivity index (χ3v) is 3.60. The van der Waals surface area contributed by atoms with E-state index in [9.17, 15) is 18.4 Å². The molecular weight excluding hydrogens is 374 g/mol. The molecule has 148 valence electrons. The average molecular weight is 392 g/mol. The smallest absolute Gasteiger partial charge is 0.387 e. The summed E-state index contributed by atoms with van der Waals surface area (Å²) in [5, 5.41) is 0. The topological polar surface area (TPSA) is 71.1 Å². The van der Waals surface area contributed by atoms with Crippen LogP contribution < -0.4 is 18.9 Å². The number of hydrogen-bond donors (Lipinski definition) is 0. The van der Waals surface area contributed by atoms with E-state index in [4.69, 9.17) is 14.2 Å². The lowest BCUT2D eigenvalue weighted by atomic mass is 10.1. The highest BCUT2D eigenvalue weighted by Crippen LogP contribution is 2.30. The van der Waals surface area contributed by atoms with Crippen LogP contribution in [-0.4, -0.2) is 32.6 Å². The SMILES string of the molecule is COc1cc(C(C)=O)ccc1OC(=O)/C=C/c1ccc(OC(F)F)c(OC)c1. The summed E-state index contributed by atoms with van der Waals surface area (Å²) in [6, 6.07) is 8.67. The van der Waals surface area contributed by atoms with Gasteiger partial charge in [0, 0.05) is 11.6 Å². The molecule has 2 aromatic carbocycles. The first-order valence-corrected chi connectivity index (χ1v) is 8.05. The number of methoxy groups -OCH3 is 2. The molecule has 0 unspecified atom stereocenters. The minimum absolute atomic E-state index is 0.0947. The Morgan fingerprint density at radius 2 is 1.57 bits per heavy atom. The summed E-state index contributed by atoms with van der Waals surface area (Å²) in [6.45, 7) is -1.57. The molecule has 0 aromatic heterocycles. The minimum Gasteiger partial charge on any atom is -0.493 e. The lowest BCUT2D eigenvalue weighted by molar-refractivity contribution is -0.129. The molecule has 0 spiro atoms. The molecule has 6 nitrogen and oxygen atoms in total. The number of ketones is 1. The summed E-state index contributed by atoms with van der Waals surface area (Å²) in [4.78, 5) is 23.5. The van der Waals surface area contributed by atoms with Crippen molar-refractivity contribution in [1.82, 2.24) is 0 Å². The predicted octanol–water partition coefficient (Wildman–Crippen LogP) is 4.13. The molecule has 0 amide bonds. The van der Waals surface area contributed by atoms with Gasteiger partial charge in [0.2, 0.25) is 0 Å². The molecule has 0 saturated carbocycles. The zero-order valence-electron chi connectivity index (χ0n) is 15.4. The Bertz CT molecular complexity index is 892. The van der Waals surface area contributed by atoms with Crippen molar-refractivity contribution in [3.63, 3.8) is 0 Å². The number of halogens is 2. The maximum Gasteiger partial charge on any atom is 0.387 e. The van der Waals surface area contributed by atoms with Crippen molar-refractivity contribution in [2.24, 2.45) is 0 Å². The van der Waals surface area contributed by atoms with Crippen LogP contribution in [0.3, 0.4) is 0 Å². The third kappa shape index (κ3) is 5.54. The van der Waals surface area contributed by atoms with Crippen molar-refractivity contribution in [3.05, 3.63) is 53.6 Å². The Morgan fingerprint density at radius 3 is 2.18 bits per heavy atom. The lowest BCUT2D eigenvalue weighted by Crippen LogP contribution is -2.06. The van der Waals surface area contributed by atoms with E-state index >= 15 is 0 Å². The Balaban J connectivity index is 2.12. The number of rotatable bonds is 8. The summed E-state index contributed by atoms with van der Waals surface area (Å²) in [5.74, 6) is -0.472. The predicted molar refractivity (Wildman–Crippen MR) is 97.3 cm³/mol. The average Bonchev–Trinajstić information content (AvgIpc) is 2.66. The molecule has 2 rings (SSSR count). The van der Waals surface area contributed by atoms with Crippen LogP contribution in [0, 0.1) is 0 Å². The van der Waals surface area contributed by atoms with Gasteiger partial charge in [-0.2, -0.15) is 8.78 Å². The largest absolute Gasteiger partial charge is 0.493 e. The van der Waals surface area contributed by atoms with Crippen molar-refractivity contribution < 1.29 is 37.3 Å². The standard InChI is InChI=1S/C20H18F2O6/c1-12(23)14-6-8-15(18(11-14)26-3)27-19(24)9-5-13-4-7-16(28-20(21)22)17(10-13)25-2/h4-11,20H,1-3H3/b9-5+. The van der Waals surface area contributed by atoms with E-state index in [0.29, 0.717) is 11.1 Å². The van der Waals surface area contributed by atoms with E-state index in [1.807, 2.05) is 0 Å². The molecule has 0 radical (unpaired) electrons. The number of carbonyl (C=O) groups excluding carboxylic acids is 2. The molecule has 0 heterocycles. The van der Waals surface area contributed by atoms with Crippen LogP contribution in [0.15, 0.2) is 42.5 Å². The van der Waals surface area contributed by atoms with Crippen LogP contribution in [0.25, 0.3) is 6.08 Å². The van der Waals surface area contributed by atoms with E-state index < -0.39 is 12.6 Å². The van der Waals surface area contributed by atoms with E-state index in [0.717, 1.165) is 6.08 Å². The fourth-order valence-electron chi connectivity index (χ4n) is 2.26. The van der Waals surface area contributed by atoms with Crippen molar-refractivity contribution >= 4 is 17.8 Å². The first-order valence-electron chi connectivity index (χ1n) is 8.05. The second kappa shape index (κ2) is 9.50. The van der Waals surface area contributed by atoms with Gasteiger partial charge in [0.15, 0.2) is 28.8 Å². The molecule has 2 aromatic rings. The van der Waals surface area contributed by atoms with Gasteiger partial charge in [0.25, 0.3) is 0 Å². The second-order valence-corrected chi connectivity index (χ2v) is 5.47. The quantitative estimate of drug-likeness (QED) is 0.291. The fourth-order valence-corrected chi connectivity index (χ4v) is 2.26. The number of esters is 1.